The molecule has 0 spiro atoms. The van der Waals surface area contributed by atoms with Crippen LogP contribution in [-0.2, 0) is 11.2 Å². The number of carbonyl (C=O) groups is 1. The SMILES string of the molecule is CSc1nc(C)c(CCC(=O)N[C@H](c2ccc3c(c2)OCCCO3)C(C)C)c(C)n1. The van der Waals surface area contributed by atoms with Crippen molar-refractivity contribution in [3.05, 3.63) is 40.7 Å². The van der Waals surface area contributed by atoms with Gasteiger partial charge in [0.05, 0.1) is 19.3 Å². The summed E-state index contributed by atoms with van der Waals surface area (Å²) in [5.41, 5.74) is 3.98. The Bertz CT molecular complexity index is 878. The van der Waals surface area contributed by atoms with Gasteiger partial charge in [-0.15, -0.1) is 0 Å². The Morgan fingerprint density at radius 1 is 1.13 bits per heavy atom. The van der Waals surface area contributed by atoms with Crippen LogP contribution in [0.4, 0.5) is 0 Å². The molecule has 0 radical (unpaired) electrons. The lowest BCUT2D eigenvalue weighted by Gasteiger charge is -2.24. The van der Waals surface area contributed by atoms with Crippen LogP contribution in [0.1, 0.15) is 55.2 Å². The Morgan fingerprint density at radius 3 is 2.43 bits per heavy atom. The van der Waals surface area contributed by atoms with Crippen molar-refractivity contribution in [2.24, 2.45) is 5.92 Å². The largest absolute Gasteiger partial charge is 0.490 e. The van der Waals surface area contributed by atoms with Crippen LogP contribution < -0.4 is 14.8 Å². The van der Waals surface area contributed by atoms with E-state index in [0.717, 1.165) is 45.6 Å². The molecule has 0 saturated heterocycles. The zero-order chi connectivity index (χ0) is 21.7. The maximum atomic E-state index is 12.8. The Labute approximate surface area is 183 Å². The van der Waals surface area contributed by atoms with Gasteiger partial charge in [0.2, 0.25) is 5.91 Å². The van der Waals surface area contributed by atoms with Gasteiger partial charge in [-0.2, -0.15) is 0 Å². The summed E-state index contributed by atoms with van der Waals surface area (Å²) in [5, 5.41) is 3.98. The van der Waals surface area contributed by atoms with Crippen LogP contribution >= 0.6 is 11.8 Å². The molecule has 30 heavy (non-hydrogen) atoms. The minimum atomic E-state index is -0.0908. The monoisotopic (exact) mass is 429 g/mol. The molecule has 0 unspecified atom stereocenters. The van der Waals surface area contributed by atoms with E-state index in [2.05, 4.69) is 29.1 Å². The van der Waals surface area contributed by atoms with E-state index in [1.54, 1.807) is 0 Å². The number of aryl methyl sites for hydroxylation is 2. The molecular formula is C23H31N3O3S. The number of amides is 1. The minimum absolute atomic E-state index is 0.0218. The molecule has 7 heteroatoms. The first-order chi connectivity index (χ1) is 14.4. The van der Waals surface area contributed by atoms with Crippen molar-refractivity contribution < 1.29 is 14.3 Å². The van der Waals surface area contributed by atoms with E-state index >= 15 is 0 Å². The van der Waals surface area contributed by atoms with E-state index in [1.165, 1.54) is 11.8 Å². The summed E-state index contributed by atoms with van der Waals surface area (Å²) in [6, 6.07) is 5.86. The van der Waals surface area contributed by atoms with Crippen molar-refractivity contribution in [1.82, 2.24) is 15.3 Å². The molecule has 1 aromatic carbocycles. The summed E-state index contributed by atoms with van der Waals surface area (Å²) in [6.45, 7) is 9.49. The molecule has 0 saturated carbocycles. The molecule has 3 rings (SSSR count). The predicted molar refractivity (Wildman–Crippen MR) is 119 cm³/mol. The summed E-state index contributed by atoms with van der Waals surface area (Å²) < 4.78 is 11.5. The fourth-order valence-electron chi connectivity index (χ4n) is 3.65. The van der Waals surface area contributed by atoms with E-state index in [0.29, 0.717) is 26.1 Å². The number of nitrogens with one attached hydrogen (secondary N) is 1. The standard InChI is InChI=1S/C23H31N3O3S/c1-14(2)22(17-7-9-19-20(13-17)29-12-6-11-28-19)26-21(27)10-8-18-15(3)24-23(30-5)25-16(18)4/h7,9,13-14,22H,6,8,10-12H2,1-5H3,(H,26,27)/t22-/m0/s1. The van der Waals surface area contributed by atoms with Crippen LogP contribution in [0.2, 0.25) is 0 Å². The van der Waals surface area contributed by atoms with Crippen molar-refractivity contribution >= 4 is 17.7 Å². The third-order valence-corrected chi connectivity index (χ3v) is 5.85. The minimum Gasteiger partial charge on any atom is -0.490 e. The second-order valence-corrected chi connectivity index (χ2v) is 8.68. The van der Waals surface area contributed by atoms with Crippen molar-refractivity contribution in [2.45, 2.75) is 58.2 Å². The van der Waals surface area contributed by atoms with Crippen LogP contribution in [0.3, 0.4) is 0 Å². The molecule has 0 aliphatic carbocycles. The lowest BCUT2D eigenvalue weighted by molar-refractivity contribution is -0.122. The van der Waals surface area contributed by atoms with Gasteiger partial charge in [-0.1, -0.05) is 31.7 Å². The maximum Gasteiger partial charge on any atom is 0.220 e. The fraction of sp³-hybridized carbons (Fsp3) is 0.522. The third-order valence-electron chi connectivity index (χ3n) is 5.30. The fourth-order valence-corrected chi connectivity index (χ4v) is 4.11. The number of benzene rings is 1. The zero-order valence-electron chi connectivity index (χ0n) is 18.4. The molecule has 1 N–H and O–H groups in total. The lowest BCUT2D eigenvalue weighted by atomic mass is 9.95. The third kappa shape index (κ3) is 5.45. The first-order valence-corrected chi connectivity index (χ1v) is 11.7. The van der Waals surface area contributed by atoms with Crippen LogP contribution in [-0.4, -0.2) is 35.3 Å². The van der Waals surface area contributed by atoms with Gasteiger partial charge in [-0.25, -0.2) is 9.97 Å². The van der Waals surface area contributed by atoms with Gasteiger partial charge in [0.1, 0.15) is 0 Å². The normalized spacial score (nSPS) is 14.3. The summed E-state index contributed by atoms with van der Waals surface area (Å²) in [4.78, 5) is 21.8. The Hall–Kier alpha value is -2.28. The molecule has 2 aromatic rings. The Balaban J connectivity index is 1.69. The number of nitrogens with zero attached hydrogens (tertiary/aromatic N) is 2. The smallest absolute Gasteiger partial charge is 0.220 e. The van der Waals surface area contributed by atoms with Crippen LogP contribution in [0.25, 0.3) is 0 Å². The highest BCUT2D eigenvalue weighted by Gasteiger charge is 2.21. The van der Waals surface area contributed by atoms with E-state index in [4.69, 9.17) is 9.47 Å². The maximum absolute atomic E-state index is 12.8. The molecule has 1 amide bonds. The zero-order valence-corrected chi connectivity index (χ0v) is 19.3. The molecule has 0 fully saturated rings. The number of rotatable bonds is 7. The highest BCUT2D eigenvalue weighted by molar-refractivity contribution is 7.98. The van der Waals surface area contributed by atoms with Crippen molar-refractivity contribution in [3.63, 3.8) is 0 Å². The number of fused-ring (bicyclic) bond motifs is 1. The van der Waals surface area contributed by atoms with Gasteiger partial charge < -0.3 is 14.8 Å². The van der Waals surface area contributed by atoms with Gasteiger partial charge in [0, 0.05) is 24.2 Å². The first kappa shape index (κ1) is 22.4. The van der Waals surface area contributed by atoms with Gasteiger partial charge in [-0.3, -0.25) is 4.79 Å². The average Bonchev–Trinajstić information content (AvgIpc) is 2.95. The number of hydrogen-bond acceptors (Lipinski definition) is 6. The van der Waals surface area contributed by atoms with E-state index in [-0.39, 0.29) is 17.9 Å². The number of hydrogen-bond donors (Lipinski definition) is 1. The van der Waals surface area contributed by atoms with E-state index in [9.17, 15) is 4.79 Å². The number of ether oxygens (including phenoxy) is 2. The van der Waals surface area contributed by atoms with Crippen LogP contribution in [0.15, 0.2) is 23.4 Å². The quantitative estimate of drug-likeness (QED) is 0.519. The molecule has 6 nitrogen and oxygen atoms in total. The first-order valence-electron chi connectivity index (χ1n) is 10.5. The second kappa shape index (κ2) is 10.2. The number of carbonyl (C=O) groups excluding carboxylic acids is 1. The van der Waals surface area contributed by atoms with Gasteiger partial charge in [0.25, 0.3) is 0 Å². The molecule has 1 aliphatic heterocycles. The van der Waals surface area contributed by atoms with Gasteiger partial charge in [0.15, 0.2) is 16.7 Å². The second-order valence-electron chi connectivity index (χ2n) is 7.91. The van der Waals surface area contributed by atoms with E-state index in [1.807, 2.05) is 38.3 Å². The molecule has 1 aromatic heterocycles. The van der Waals surface area contributed by atoms with Crippen molar-refractivity contribution in [3.8, 4) is 11.5 Å². The number of thioether (sulfide) groups is 1. The van der Waals surface area contributed by atoms with E-state index < -0.39 is 0 Å². The van der Waals surface area contributed by atoms with Crippen molar-refractivity contribution in [2.75, 3.05) is 19.5 Å². The van der Waals surface area contributed by atoms with Crippen molar-refractivity contribution in [1.29, 1.82) is 0 Å². The van der Waals surface area contributed by atoms with Gasteiger partial charge >= 0.3 is 0 Å². The average molecular weight is 430 g/mol. The number of aromatic nitrogens is 2. The van der Waals surface area contributed by atoms with Crippen LogP contribution in [0, 0.1) is 19.8 Å². The topological polar surface area (TPSA) is 73.3 Å². The lowest BCUT2D eigenvalue weighted by Crippen LogP contribution is -2.32. The predicted octanol–water partition coefficient (Wildman–Crippen LogP) is 4.42. The molecule has 1 atom stereocenters. The van der Waals surface area contributed by atoms with Gasteiger partial charge in [-0.05, 0) is 55.7 Å². The molecule has 162 valence electrons. The summed E-state index contributed by atoms with van der Waals surface area (Å²) in [7, 11) is 0. The van der Waals surface area contributed by atoms with Crippen LogP contribution in [0.5, 0.6) is 11.5 Å². The summed E-state index contributed by atoms with van der Waals surface area (Å²) in [6.07, 6.45) is 3.86. The summed E-state index contributed by atoms with van der Waals surface area (Å²) in [5.74, 6) is 1.78. The Kier molecular flexibility index (Phi) is 7.58. The summed E-state index contributed by atoms with van der Waals surface area (Å²) >= 11 is 1.53. The highest BCUT2D eigenvalue weighted by atomic mass is 32.2. The highest BCUT2D eigenvalue weighted by Crippen LogP contribution is 2.34. The Morgan fingerprint density at radius 2 is 1.80 bits per heavy atom. The molecule has 2 heterocycles. The molecular weight excluding hydrogens is 398 g/mol. The molecule has 0 bridgehead atoms. The molecule has 1 aliphatic rings.